The number of amides is 4. The van der Waals surface area contributed by atoms with Gasteiger partial charge in [0.25, 0.3) is 11.8 Å². The molecule has 8 nitrogen and oxygen atoms in total. The largest absolute Gasteiger partial charge is 0.384 e. The highest BCUT2D eigenvalue weighted by molar-refractivity contribution is 6.25. The number of rotatable bonds is 6. The number of imide groups is 2. The number of carbonyl (C=O) groups is 4. The number of unbranched alkanes of at least 4 members (excludes halogenated alkanes) is 1. The molecule has 0 aromatic heterocycles. The van der Waals surface area contributed by atoms with Crippen molar-refractivity contribution in [1.29, 1.82) is 0 Å². The van der Waals surface area contributed by atoms with Crippen LogP contribution in [0.1, 0.15) is 46.4 Å². The van der Waals surface area contributed by atoms with Crippen molar-refractivity contribution in [3.05, 3.63) is 29.3 Å². The van der Waals surface area contributed by atoms with Gasteiger partial charge in [0.15, 0.2) is 0 Å². The van der Waals surface area contributed by atoms with Crippen molar-refractivity contribution in [2.75, 3.05) is 18.4 Å². The number of hydrogen-bond donors (Lipinski definition) is 3. The number of benzene rings is 1. The van der Waals surface area contributed by atoms with Crippen LogP contribution in [0, 0.1) is 0 Å². The SMILES string of the molecule is Cl.Cl.NCCCCNc1cccc2c1C(=O)N(C1CCC(=O)NC1=O)C2=O. The number of nitrogens with zero attached hydrogens (tertiary/aromatic N) is 1. The highest BCUT2D eigenvalue weighted by Crippen LogP contribution is 2.32. The summed E-state index contributed by atoms with van der Waals surface area (Å²) in [6.45, 7) is 1.23. The number of anilines is 1. The van der Waals surface area contributed by atoms with Crippen LogP contribution in [0.3, 0.4) is 0 Å². The Labute approximate surface area is 169 Å². The van der Waals surface area contributed by atoms with E-state index in [0.717, 1.165) is 17.7 Å². The van der Waals surface area contributed by atoms with Gasteiger partial charge in [0, 0.05) is 18.7 Å². The van der Waals surface area contributed by atoms with Crippen molar-refractivity contribution >= 4 is 54.1 Å². The van der Waals surface area contributed by atoms with Gasteiger partial charge in [0.1, 0.15) is 6.04 Å². The molecule has 1 fully saturated rings. The van der Waals surface area contributed by atoms with Gasteiger partial charge in [-0.1, -0.05) is 6.07 Å². The topological polar surface area (TPSA) is 122 Å². The van der Waals surface area contributed by atoms with Crippen LogP contribution in [-0.4, -0.2) is 47.7 Å². The number of piperidine rings is 1. The van der Waals surface area contributed by atoms with E-state index < -0.39 is 23.8 Å². The molecule has 0 spiro atoms. The van der Waals surface area contributed by atoms with E-state index in [1.165, 1.54) is 0 Å². The lowest BCUT2D eigenvalue weighted by Crippen LogP contribution is -2.54. The predicted octanol–water partition coefficient (Wildman–Crippen LogP) is 1.08. The third-order valence-corrected chi connectivity index (χ3v) is 4.41. The van der Waals surface area contributed by atoms with Crippen LogP contribution < -0.4 is 16.4 Å². The van der Waals surface area contributed by atoms with Gasteiger partial charge in [0.05, 0.1) is 11.1 Å². The number of halogens is 2. The Bertz CT molecular complexity index is 756. The van der Waals surface area contributed by atoms with Crippen molar-refractivity contribution in [1.82, 2.24) is 10.2 Å². The maximum atomic E-state index is 12.8. The summed E-state index contributed by atoms with van der Waals surface area (Å²) in [5.74, 6) is -2.00. The number of hydrogen-bond acceptors (Lipinski definition) is 6. The lowest BCUT2D eigenvalue weighted by molar-refractivity contribution is -0.136. The molecule has 1 saturated heterocycles. The third-order valence-electron chi connectivity index (χ3n) is 4.41. The van der Waals surface area contributed by atoms with E-state index in [0.29, 0.717) is 18.8 Å². The molecule has 148 valence electrons. The van der Waals surface area contributed by atoms with Crippen LogP contribution >= 0.6 is 24.8 Å². The minimum Gasteiger partial charge on any atom is -0.384 e. The van der Waals surface area contributed by atoms with E-state index in [1.807, 2.05) is 0 Å². The summed E-state index contributed by atoms with van der Waals surface area (Å²) in [6.07, 6.45) is 1.96. The summed E-state index contributed by atoms with van der Waals surface area (Å²) >= 11 is 0. The lowest BCUT2D eigenvalue weighted by Gasteiger charge is -2.27. The van der Waals surface area contributed by atoms with Gasteiger partial charge in [-0.25, -0.2) is 0 Å². The van der Waals surface area contributed by atoms with Crippen LogP contribution in [0.25, 0.3) is 0 Å². The molecule has 27 heavy (non-hydrogen) atoms. The Hall–Kier alpha value is -2.16. The Morgan fingerprint density at radius 2 is 1.85 bits per heavy atom. The van der Waals surface area contributed by atoms with E-state index in [4.69, 9.17) is 5.73 Å². The standard InChI is InChI=1S/C17H20N4O4.2ClH/c18-8-1-2-9-19-11-5-3-4-10-14(11)17(25)21(16(10)24)12-6-7-13(22)20-15(12)23;;/h3-5,12,19H,1-2,6-9,18H2,(H,20,22,23);2*1H. The first-order valence-electron chi connectivity index (χ1n) is 8.33. The summed E-state index contributed by atoms with van der Waals surface area (Å²) in [5, 5.41) is 5.35. The Kier molecular flexibility index (Phi) is 8.20. The van der Waals surface area contributed by atoms with Gasteiger partial charge < -0.3 is 11.1 Å². The van der Waals surface area contributed by atoms with Crippen LogP contribution in [-0.2, 0) is 9.59 Å². The average Bonchev–Trinajstić information content (AvgIpc) is 2.84. The minimum absolute atomic E-state index is 0. The molecule has 2 heterocycles. The average molecular weight is 417 g/mol. The summed E-state index contributed by atoms with van der Waals surface area (Å²) in [4.78, 5) is 49.8. The van der Waals surface area contributed by atoms with Crippen molar-refractivity contribution in [3.63, 3.8) is 0 Å². The fourth-order valence-electron chi connectivity index (χ4n) is 3.15. The molecule has 1 aromatic rings. The van der Waals surface area contributed by atoms with Gasteiger partial charge in [-0.2, -0.15) is 0 Å². The summed E-state index contributed by atoms with van der Waals surface area (Å²) in [6, 6.07) is 4.06. The van der Waals surface area contributed by atoms with Crippen molar-refractivity contribution in [2.45, 2.75) is 31.7 Å². The first-order valence-corrected chi connectivity index (χ1v) is 8.33. The third kappa shape index (κ3) is 4.40. The number of nitrogens with two attached hydrogens (primary N) is 1. The van der Waals surface area contributed by atoms with Gasteiger partial charge in [-0.3, -0.25) is 29.4 Å². The highest BCUT2D eigenvalue weighted by atomic mass is 35.5. The first kappa shape index (κ1) is 22.9. The Morgan fingerprint density at radius 3 is 2.52 bits per heavy atom. The molecule has 10 heteroatoms. The lowest BCUT2D eigenvalue weighted by atomic mass is 10.0. The van der Waals surface area contributed by atoms with Gasteiger partial charge >= 0.3 is 0 Å². The summed E-state index contributed by atoms with van der Waals surface area (Å²) < 4.78 is 0. The maximum Gasteiger partial charge on any atom is 0.264 e. The van der Waals surface area contributed by atoms with Crippen LogP contribution in [0.5, 0.6) is 0 Å². The molecule has 1 atom stereocenters. The second-order valence-corrected chi connectivity index (χ2v) is 6.10. The summed E-state index contributed by atoms with van der Waals surface area (Å²) in [5.41, 5.74) is 6.60. The molecule has 0 aliphatic carbocycles. The summed E-state index contributed by atoms with van der Waals surface area (Å²) in [7, 11) is 0. The zero-order chi connectivity index (χ0) is 18.0. The minimum atomic E-state index is -0.949. The normalized spacial score (nSPS) is 18.4. The molecular weight excluding hydrogens is 395 g/mol. The molecule has 1 unspecified atom stereocenters. The number of nitrogens with one attached hydrogen (secondary N) is 2. The van der Waals surface area contributed by atoms with Gasteiger partial charge in [-0.05, 0) is 37.9 Å². The molecular formula is C17H22Cl2N4O4. The van der Waals surface area contributed by atoms with E-state index in [1.54, 1.807) is 18.2 Å². The van der Waals surface area contributed by atoms with Crippen molar-refractivity contribution in [2.24, 2.45) is 5.73 Å². The number of carbonyl (C=O) groups excluding carboxylic acids is 4. The predicted molar refractivity (Wildman–Crippen MR) is 104 cm³/mol. The fourth-order valence-corrected chi connectivity index (χ4v) is 3.15. The van der Waals surface area contributed by atoms with E-state index in [2.05, 4.69) is 10.6 Å². The van der Waals surface area contributed by atoms with Crippen LogP contribution in [0.4, 0.5) is 5.69 Å². The van der Waals surface area contributed by atoms with Gasteiger partial charge in [0.2, 0.25) is 11.8 Å². The fraction of sp³-hybridized carbons (Fsp3) is 0.412. The number of fused-ring (bicyclic) bond motifs is 1. The molecule has 0 saturated carbocycles. The van der Waals surface area contributed by atoms with E-state index in [9.17, 15) is 19.2 Å². The Morgan fingerprint density at radius 1 is 1.11 bits per heavy atom. The molecule has 0 radical (unpaired) electrons. The first-order chi connectivity index (χ1) is 12.0. The van der Waals surface area contributed by atoms with E-state index in [-0.39, 0.29) is 54.7 Å². The van der Waals surface area contributed by atoms with Crippen molar-refractivity contribution in [3.8, 4) is 0 Å². The molecule has 2 aliphatic rings. The Balaban J connectivity index is 0.00000182. The maximum absolute atomic E-state index is 12.8. The highest BCUT2D eigenvalue weighted by Gasteiger charge is 2.45. The van der Waals surface area contributed by atoms with E-state index >= 15 is 0 Å². The quantitative estimate of drug-likeness (QED) is 0.471. The molecule has 0 bridgehead atoms. The monoisotopic (exact) mass is 416 g/mol. The van der Waals surface area contributed by atoms with Crippen molar-refractivity contribution < 1.29 is 19.2 Å². The molecule has 4 N–H and O–H groups in total. The van der Waals surface area contributed by atoms with Crippen LogP contribution in [0.15, 0.2) is 18.2 Å². The smallest absolute Gasteiger partial charge is 0.264 e. The molecule has 3 rings (SSSR count). The zero-order valence-electron chi connectivity index (χ0n) is 14.5. The molecule has 2 aliphatic heterocycles. The second kappa shape index (κ2) is 9.68. The molecule has 4 amide bonds. The molecule has 1 aromatic carbocycles. The van der Waals surface area contributed by atoms with Gasteiger partial charge in [-0.15, -0.1) is 24.8 Å². The second-order valence-electron chi connectivity index (χ2n) is 6.10. The van der Waals surface area contributed by atoms with Crippen LogP contribution in [0.2, 0.25) is 0 Å². The zero-order valence-corrected chi connectivity index (χ0v) is 16.2.